The zero-order chi connectivity index (χ0) is 20.2. The smallest absolute Gasteiger partial charge is 0.305 e. The van der Waals surface area contributed by atoms with Gasteiger partial charge in [0, 0.05) is 19.4 Å². The van der Waals surface area contributed by atoms with Crippen LogP contribution in [0.4, 0.5) is 0 Å². The third-order valence-electron chi connectivity index (χ3n) is 4.65. The van der Waals surface area contributed by atoms with Crippen LogP contribution < -0.4 is 0 Å². The van der Waals surface area contributed by atoms with Gasteiger partial charge in [0.15, 0.2) is 0 Å². The fourth-order valence-corrected chi connectivity index (χ4v) is 3.03. The Hall–Kier alpha value is -1.14. The molecule has 0 fully saturated rings. The van der Waals surface area contributed by atoms with Crippen molar-refractivity contribution in [3.63, 3.8) is 0 Å². The highest BCUT2D eigenvalue weighted by molar-refractivity contribution is 5.69. The maximum Gasteiger partial charge on any atom is 0.305 e. The van der Waals surface area contributed by atoms with E-state index in [-0.39, 0.29) is 19.0 Å². The summed E-state index contributed by atoms with van der Waals surface area (Å²) in [5.74, 6) is -0.841. The highest BCUT2D eigenvalue weighted by Crippen LogP contribution is 2.08. The Balaban J connectivity index is 3.64. The molecule has 0 spiro atoms. The highest BCUT2D eigenvalue weighted by atomic mass is 16.5. The summed E-state index contributed by atoms with van der Waals surface area (Å²) in [4.78, 5) is 24.4. The molecule has 6 heteroatoms. The van der Waals surface area contributed by atoms with Gasteiger partial charge in [-0.25, -0.2) is 0 Å². The number of unbranched alkanes of at least 4 members (excludes halogenated alkanes) is 8. The fraction of sp³-hybridized carbons (Fsp3) is 0.905. The molecule has 0 aliphatic heterocycles. The Morgan fingerprint density at radius 2 is 1.41 bits per heavy atom. The lowest BCUT2D eigenvalue weighted by atomic mass is 10.1. The fourth-order valence-electron chi connectivity index (χ4n) is 3.03. The summed E-state index contributed by atoms with van der Waals surface area (Å²) >= 11 is 0. The number of carboxylic acid groups (broad SMARTS) is 1. The van der Waals surface area contributed by atoms with Gasteiger partial charge in [-0.1, -0.05) is 51.9 Å². The molecule has 0 radical (unpaired) electrons. The van der Waals surface area contributed by atoms with Crippen LogP contribution >= 0.6 is 0 Å². The minimum Gasteiger partial charge on any atom is -0.481 e. The number of carbonyl (C=O) groups is 2. The molecular formula is C21H41NO5. The molecule has 160 valence electrons. The second kappa shape index (κ2) is 19.6. The molecule has 0 aromatic heterocycles. The van der Waals surface area contributed by atoms with Gasteiger partial charge in [0.05, 0.1) is 13.2 Å². The van der Waals surface area contributed by atoms with Crippen LogP contribution in [0.2, 0.25) is 0 Å². The van der Waals surface area contributed by atoms with Crippen LogP contribution in [0, 0.1) is 0 Å². The molecule has 0 bridgehead atoms. The van der Waals surface area contributed by atoms with Crippen molar-refractivity contribution in [3.05, 3.63) is 0 Å². The van der Waals surface area contributed by atoms with E-state index in [0.717, 1.165) is 64.5 Å². The third-order valence-corrected chi connectivity index (χ3v) is 4.65. The first-order chi connectivity index (χ1) is 13.1. The normalized spacial score (nSPS) is 11.1. The summed E-state index contributed by atoms with van der Waals surface area (Å²) in [6.07, 6.45) is 12.1. The van der Waals surface area contributed by atoms with E-state index in [4.69, 9.17) is 9.84 Å². The zero-order valence-electron chi connectivity index (χ0n) is 17.3. The van der Waals surface area contributed by atoms with E-state index in [1.807, 2.05) is 0 Å². The van der Waals surface area contributed by atoms with Gasteiger partial charge in [0.25, 0.3) is 0 Å². The van der Waals surface area contributed by atoms with Crippen molar-refractivity contribution in [2.24, 2.45) is 0 Å². The van der Waals surface area contributed by atoms with Gasteiger partial charge in [0.2, 0.25) is 0 Å². The number of nitrogens with zero attached hydrogens (tertiary/aromatic N) is 1. The Morgan fingerprint density at radius 3 is 2.11 bits per heavy atom. The van der Waals surface area contributed by atoms with E-state index in [0.29, 0.717) is 19.6 Å². The first-order valence-corrected chi connectivity index (χ1v) is 10.8. The van der Waals surface area contributed by atoms with Crippen LogP contribution in [0.5, 0.6) is 0 Å². The van der Waals surface area contributed by atoms with Gasteiger partial charge in [-0.05, 0) is 38.8 Å². The van der Waals surface area contributed by atoms with E-state index in [1.165, 1.54) is 19.3 Å². The van der Waals surface area contributed by atoms with Crippen LogP contribution in [0.1, 0.15) is 90.4 Å². The Kier molecular flexibility index (Phi) is 18.8. The molecule has 0 atom stereocenters. The number of aliphatic carboxylic acids is 1. The van der Waals surface area contributed by atoms with E-state index < -0.39 is 5.97 Å². The number of esters is 1. The number of rotatable bonds is 20. The van der Waals surface area contributed by atoms with Gasteiger partial charge >= 0.3 is 11.9 Å². The number of hydrogen-bond acceptors (Lipinski definition) is 5. The molecule has 0 unspecified atom stereocenters. The van der Waals surface area contributed by atoms with Crippen molar-refractivity contribution >= 4 is 11.9 Å². The molecule has 0 amide bonds. The lowest BCUT2D eigenvalue weighted by Crippen LogP contribution is -2.29. The first-order valence-electron chi connectivity index (χ1n) is 10.8. The van der Waals surface area contributed by atoms with Crippen LogP contribution in [-0.2, 0) is 14.3 Å². The monoisotopic (exact) mass is 387 g/mol. The predicted molar refractivity (Wildman–Crippen MR) is 108 cm³/mol. The van der Waals surface area contributed by atoms with Crippen LogP contribution in [-0.4, -0.2) is 59.9 Å². The summed E-state index contributed by atoms with van der Waals surface area (Å²) in [7, 11) is 0. The molecule has 0 saturated carbocycles. The maximum absolute atomic E-state index is 11.7. The summed E-state index contributed by atoms with van der Waals surface area (Å²) in [5.41, 5.74) is 0. The first kappa shape index (κ1) is 25.9. The number of ether oxygens (including phenoxy) is 1. The molecule has 2 N–H and O–H groups in total. The van der Waals surface area contributed by atoms with Crippen molar-refractivity contribution in [3.8, 4) is 0 Å². The van der Waals surface area contributed by atoms with E-state index >= 15 is 0 Å². The number of aliphatic hydroxyl groups is 1. The van der Waals surface area contributed by atoms with Crippen LogP contribution in [0.25, 0.3) is 0 Å². The van der Waals surface area contributed by atoms with Gasteiger partial charge < -0.3 is 19.8 Å². The number of carboxylic acids is 1. The average Bonchev–Trinajstić information content (AvgIpc) is 2.63. The molecule has 0 heterocycles. The molecule has 27 heavy (non-hydrogen) atoms. The summed E-state index contributed by atoms with van der Waals surface area (Å²) in [6, 6.07) is 0. The van der Waals surface area contributed by atoms with Gasteiger partial charge in [-0.15, -0.1) is 0 Å². The van der Waals surface area contributed by atoms with Crippen molar-refractivity contribution in [1.29, 1.82) is 0 Å². The number of aliphatic hydroxyl groups excluding tert-OH is 1. The lowest BCUT2D eigenvalue weighted by Gasteiger charge is -2.21. The Morgan fingerprint density at radius 1 is 0.778 bits per heavy atom. The molecular weight excluding hydrogens is 346 g/mol. The molecule has 0 aromatic carbocycles. The Labute approximate surface area is 165 Å². The second-order valence-corrected chi connectivity index (χ2v) is 7.21. The van der Waals surface area contributed by atoms with Gasteiger partial charge in [-0.2, -0.15) is 0 Å². The molecule has 0 aliphatic rings. The molecule has 0 saturated heterocycles. The maximum atomic E-state index is 11.7. The summed E-state index contributed by atoms with van der Waals surface area (Å²) in [6.45, 7) is 5.18. The van der Waals surface area contributed by atoms with E-state index in [9.17, 15) is 14.7 Å². The Bertz CT molecular complexity index is 362. The van der Waals surface area contributed by atoms with Crippen LogP contribution in [0.15, 0.2) is 0 Å². The van der Waals surface area contributed by atoms with Crippen molar-refractivity contribution in [2.45, 2.75) is 90.4 Å². The van der Waals surface area contributed by atoms with Crippen molar-refractivity contribution < 1.29 is 24.5 Å². The SMILES string of the molecule is CCCCCCCOC(=O)CCCN(CCO)CCCCCCCC(=O)O. The molecule has 0 rings (SSSR count). The standard InChI is InChI=1S/C21H41NO5/c1-2-3-4-8-11-19-27-21(26)14-12-16-22(17-18-23)15-10-7-5-6-9-13-20(24)25/h23H,2-19H2,1H3,(H,24,25). The zero-order valence-corrected chi connectivity index (χ0v) is 17.3. The predicted octanol–water partition coefficient (Wildman–Crippen LogP) is 4.00. The van der Waals surface area contributed by atoms with E-state index in [2.05, 4.69) is 11.8 Å². The molecule has 0 aliphatic carbocycles. The van der Waals surface area contributed by atoms with Crippen molar-refractivity contribution in [2.75, 3.05) is 32.8 Å². The molecule has 6 nitrogen and oxygen atoms in total. The lowest BCUT2D eigenvalue weighted by molar-refractivity contribution is -0.144. The van der Waals surface area contributed by atoms with Gasteiger partial charge in [0.1, 0.15) is 0 Å². The van der Waals surface area contributed by atoms with Gasteiger partial charge in [-0.3, -0.25) is 9.59 Å². The average molecular weight is 388 g/mol. The number of hydrogen-bond donors (Lipinski definition) is 2. The highest BCUT2D eigenvalue weighted by Gasteiger charge is 2.07. The summed E-state index contributed by atoms with van der Waals surface area (Å²) < 4.78 is 5.27. The largest absolute Gasteiger partial charge is 0.481 e. The van der Waals surface area contributed by atoms with Crippen molar-refractivity contribution in [1.82, 2.24) is 4.90 Å². The topological polar surface area (TPSA) is 87.1 Å². The minimum atomic E-state index is -0.723. The third kappa shape index (κ3) is 19.4. The van der Waals surface area contributed by atoms with E-state index in [1.54, 1.807) is 0 Å². The summed E-state index contributed by atoms with van der Waals surface area (Å²) in [5, 5.41) is 17.8. The molecule has 0 aromatic rings. The number of carbonyl (C=O) groups excluding carboxylic acids is 1. The second-order valence-electron chi connectivity index (χ2n) is 7.21. The van der Waals surface area contributed by atoms with Crippen LogP contribution in [0.3, 0.4) is 0 Å². The quantitative estimate of drug-likeness (QED) is 0.242. The minimum absolute atomic E-state index is 0.118.